The van der Waals surface area contributed by atoms with E-state index in [0.717, 1.165) is 13.0 Å². The van der Waals surface area contributed by atoms with Gasteiger partial charge in [0.25, 0.3) is 0 Å². The molecule has 0 unspecified atom stereocenters. The molecule has 1 heterocycles. The van der Waals surface area contributed by atoms with Gasteiger partial charge in [-0.3, -0.25) is 0 Å². The van der Waals surface area contributed by atoms with Crippen LogP contribution in [0, 0.1) is 0 Å². The molecule has 0 aromatic heterocycles. The Bertz CT molecular complexity index is 358. The highest BCUT2D eigenvalue weighted by Gasteiger charge is 2.20. The molecule has 0 spiro atoms. The maximum atomic E-state index is 9.25. The van der Waals surface area contributed by atoms with E-state index in [-0.39, 0.29) is 6.61 Å². The predicted molar refractivity (Wildman–Crippen MR) is 66.9 cm³/mol. The van der Waals surface area contributed by atoms with Crippen molar-refractivity contribution in [3.8, 4) is 0 Å². The van der Waals surface area contributed by atoms with Gasteiger partial charge < -0.3 is 10.0 Å². The topological polar surface area (TPSA) is 23.5 Å². The molecule has 1 aliphatic rings. The highest BCUT2D eigenvalue weighted by atomic mass is 16.3. The van der Waals surface area contributed by atoms with Crippen LogP contribution in [0.15, 0.2) is 36.5 Å². The molecular formula is C14H19NO. The van der Waals surface area contributed by atoms with Crippen LogP contribution in [0.3, 0.4) is 0 Å². The molecule has 0 aliphatic carbocycles. The largest absolute Gasteiger partial charge is 0.394 e. The van der Waals surface area contributed by atoms with Gasteiger partial charge in [0, 0.05) is 12.7 Å². The molecule has 0 amide bonds. The fourth-order valence-corrected chi connectivity index (χ4v) is 2.25. The number of aliphatic hydroxyl groups excluding tert-OH is 1. The van der Waals surface area contributed by atoms with Crippen LogP contribution in [0.2, 0.25) is 0 Å². The lowest BCUT2D eigenvalue weighted by molar-refractivity contribution is 0.196. The third-order valence-corrected chi connectivity index (χ3v) is 3.22. The second kappa shape index (κ2) is 5.17. The molecule has 1 saturated heterocycles. The number of allylic oxidation sites excluding steroid dienone is 1. The highest BCUT2D eigenvalue weighted by molar-refractivity contribution is 5.63. The number of likely N-dealkylation sites (tertiary alicyclic amines) is 1. The van der Waals surface area contributed by atoms with Gasteiger partial charge >= 0.3 is 0 Å². The summed E-state index contributed by atoms with van der Waals surface area (Å²) in [7, 11) is 0. The summed E-state index contributed by atoms with van der Waals surface area (Å²) in [6.45, 7) is 3.45. The minimum Gasteiger partial charge on any atom is -0.394 e. The average molecular weight is 217 g/mol. The van der Waals surface area contributed by atoms with E-state index in [2.05, 4.69) is 42.3 Å². The van der Waals surface area contributed by atoms with Gasteiger partial charge in [0.2, 0.25) is 0 Å². The fourth-order valence-electron chi connectivity index (χ4n) is 2.25. The Hall–Kier alpha value is -1.28. The Morgan fingerprint density at radius 3 is 2.88 bits per heavy atom. The minimum absolute atomic E-state index is 0.262. The zero-order chi connectivity index (χ0) is 11.4. The molecule has 1 aromatic rings. The Morgan fingerprint density at radius 1 is 1.44 bits per heavy atom. The van der Waals surface area contributed by atoms with Gasteiger partial charge in [-0.15, -0.1) is 0 Å². The minimum atomic E-state index is 0.262. The van der Waals surface area contributed by atoms with Crippen LogP contribution >= 0.6 is 0 Å². The van der Waals surface area contributed by atoms with Gasteiger partial charge in [0.15, 0.2) is 0 Å². The lowest BCUT2D eigenvalue weighted by Crippen LogP contribution is -2.27. The lowest BCUT2D eigenvalue weighted by Gasteiger charge is -2.21. The molecule has 2 nitrogen and oxygen atoms in total. The number of aliphatic hydroxyl groups is 1. The molecule has 0 saturated carbocycles. The standard InChI is InChI=1S/C14H19NO/c1-12(13-6-3-2-4-7-13)10-15-9-5-8-14(15)11-16/h2-4,6-7,10,14,16H,5,8-9,11H2,1H3/b12-10+/t14-/m1/s1. The molecule has 1 N–H and O–H groups in total. The van der Waals surface area contributed by atoms with E-state index in [0.29, 0.717) is 6.04 Å². The smallest absolute Gasteiger partial charge is 0.0634 e. The number of hydrogen-bond acceptors (Lipinski definition) is 2. The van der Waals surface area contributed by atoms with Crippen LogP contribution in [-0.2, 0) is 0 Å². The summed E-state index contributed by atoms with van der Waals surface area (Å²) in [4.78, 5) is 2.27. The SMILES string of the molecule is C/C(=C\N1CCC[C@@H]1CO)c1ccccc1. The third-order valence-electron chi connectivity index (χ3n) is 3.22. The summed E-state index contributed by atoms with van der Waals surface area (Å²) in [5, 5.41) is 9.25. The molecule has 2 rings (SSSR count). The van der Waals surface area contributed by atoms with Crippen LogP contribution in [0.5, 0.6) is 0 Å². The molecule has 0 radical (unpaired) electrons. The normalized spacial score (nSPS) is 21.5. The Morgan fingerprint density at radius 2 is 2.19 bits per heavy atom. The van der Waals surface area contributed by atoms with Crippen molar-refractivity contribution in [1.29, 1.82) is 0 Å². The van der Waals surface area contributed by atoms with E-state index in [1.54, 1.807) is 0 Å². The number of rotatable bonds is 3. The van der Waals surface area contributed by atoms with E-state index in [1.165, 1.54) is 17.6 Å². The number of benzene rings is 1. The van der Waals surface area contributed by atoms with Crippen molar-refractivity contribution in [3.63, 3.8) is 0 Å². The second-order valence-corrected chi connectivity index (χ2v) is 4.39. The first-order valence-electron chi connectivity index (χ1n) is 5.91. The lowest BCUT2D eigenvalue weighted by atomic mass is 10.1. The third kappa shape index (κ3) is 2.45. The van der Waals surface area contributed by atoms with E-state index in [4.69, 9.17) is 0 Å². The monoisotopic (exact) mass is 217 g/mol. The van der Waals surface area contributed by atoms with Crippen molar-refractivity contribution in [2.45, 2.75) is 25.8 Å². The zero-order valence-electron chi connectivity index (χ0n) is 9.76. The predicted octanol–water partition coefficient (Wildman–Crippen LogP) is 2.50. The molecule has 1 aliphatic heterocycles. The first-order chi connectivity index (χ1) is 7.81. The first kappa shape index (κ1) is 11.2. The van der Waals surface area contributed by atoms with Crippen molar-refractivity contribution >= 4 is 5.57 Å². The summed E-state index contributed by atoms with van der Waals surface area (Å²) < 4.78 is 0. The van der Waals surface area contributed by atoms with Crippen LogP contribution in [0.25, 0.3) is 5.57 Å². The molecule has 1 fully saturated rings. The summed E-state index contributed by atoms with van der Waals surface area (Å²) >= 11 is 0. The van der Waals surface area contributed by atoms with Gasteiger partial charge in [-0.2, -0.15) is 0 Å². The van der Waals surface area contributed by atoms with Crippen molar-refractivity contribution in [1.82, 2.24) is 4.90 Å². The van der Waals surface area contributed by atoms with Crippen LogP contribution in [0.4, 0.5) is 0 Å². The molecule has 1 aromatic carbocycles. The van der Waals surface area contributed by atoms with Gasteiger partial charge in [-0.1, -0.05) is 30.3 Å². The highest BCUT2D eigenvalue weighted by Crippen LogP contribution is 2.21. The fraction of sp³-hybridized carbons (Fsp3) is 0.429. The van der Waals surface area contributed by atoms with Gasteiger partial charge in [-0.25, -0.2) is 0 Å². The van der Waals surface area contributed by atoms with E-state index < -0.39 is 0 Å². The van der Waals surface area contributed by atoms with E-state index in [1.807, 2.05) is 6.07 Å². The molecule has 0 bridgehead atoms. The maximum Gasteiger partial charge on any atom is 0.0634 e. The van der Waals surface area contributed by atoms with Crippen LogP contribution in [0.1, 0.15) is 25.3 Å². The van der Waals surface area contributed by atoms with Crippen LogP contribution < -0.4 is 0 Å². The molecule has 16 heavy (non-hydrogen) atoms. The summed E-state index contributed by atoms with van der Waals surface area (Å²) in [5.74, 6) is 0. The van der Waals surface area contributed by atoms with Crippen molar-refractivity contribution < 1.29 is 5.11 Å². The quantitative estimate of drug-likeness (QED) is 0.841. The van der Waals surface area contributed by atoms with Crippen molar-refractivity contribution in [2.75, 3.05) is 13.2 Å². The molecule has 2 heteroatoms. The molecular weight excluding hydrogens is 198 g/mol. The summed E-state index contributed by atoms with van der Waals surface area (Å²) in [6.07, 6.45) is 4.47. The van der Waals surface area contributed by atoms with Gasteiger partial charge in [-0.05, 0) is 30.9 Å². The number of nitrogens with zero attached hydrogens (tertiary/aromatic N) is 1. The van der Waals surface area contributed by atoms with Gasteiger partial charge in [0.1, 0.15) is 0 Å². The summed E-state index contributed by atoms with van der Waals surface area (Å²) in [6, 6.07) is 10.7. The summed E-state index contributed by atoms with van der Waals surface area (Å²) in [5.41, 5.74) is 2.52. The second-order valence-electron chi connectivity index (χ2n) is 4.39. The van der Waals surface area contributed by atoms with Gasteiger partial charge in [0.05, 0.1) is 12.6 Å². The van der Waals surface area contributed by atoms with E-state index >= 15 is 0 Å². The first-order valence-corrected chi connectivity index (χ1v) is 5.91. The Balaban J connectivity index is 2.12. The zero-order valence-corrected chi connectivity index (χ0v) is 9.76. The Kier molecular flexibility index (Phi) is 3.62. The molecule has 86 valence electrons. The average Bonchev–Trinajstić information content (AvgIpc) is 2.77. The number of hydrogen-bond donors (Lipinski definition) is 1. The van der Waals surface area contributed by atoms with E-state index in [9.17, 15) is 5.11 Å². The maximum absolute atomic E-state index is 9.25. The Labute approximate surface area is 97.2 Å². The molecule has 1 atom stereocenters. The van der Waals surface area contributed by atoms with Crippen molar-refractivity contribution in [2.24, 2.45) is 0 Å². The van der Waals surface area contributed by atoms with Crippen LogP contribution in [-0.4, -0.2) is 29.2 Å². The van der Waals surface area contributed by atoms with Crippen molar-refractivity contribution in [3.05, 3.63) is 42.1 Å².